The van der Waals surface area contributed by atoms with Gasteiger partial charge >= 0.3 is 0 Å². The molecule has 0 spiro atoms. The number of halogens is 3. The molecule has 0 aliphatic heterocycles. The zero-order valence-electron chi connectivity index (χ0n) is 11.9. The molecule has 0 saturated heterocycles. The fourth-order valence-electron chi connectivity index (χ4n) is 1.77. The lowest BCUT2D eigenvalue weighted by atomic mass is 10.2. The van der Waals surface area contributed by atoms with Gasteiger partial charge in [-0.1, -0.05) is 47.5 Å². The van der Waals surface area contributed by atoms with Gasteiger partial charge in [-0.3, -0.25) is 0 Å². The molecule has 0 radical (unpaired) electrons. The van der Waals surface area contributed by atoms with Gasteiger partial charge in [-0.05, 0) is 37.1 Å². The van der Waals surface area contributed by atoms with Crippen LogP contribution in [0.15, 0.2) is 27.8 Å². The van der Waals surface area contributed by atoms with Gasteiger partial charge in [0.15, 0.2) is 0 Å². The highest BCUT2D eigenvalue weighted by atomic mass is 35.5. The summed E-state index contributed by atoms with van der Waals surface area (Å²) in [7, 11) is 0. The molecule has 0 aliphatic rings. The van der Waals surface area contributed by atoms with E-state index >= 15 is 0 Å². The first-order valence-electron chi connectivity index (χ1n) is 6.78. The van der Waals surface area contributed by atoms with E-state index in [2.05, 4.69) is 10.2 Å². The summed E-state index contributed by atoms with van der Waals surface area (Å²) in [6, 6.07) is 5.46. The van der Waals surface area contributed by atoms with Crippen molar-refractivity contribution in [3.05, 3.63) is 39.7 Å². The Bertz CT molecular complexity index is 580. The van der Waals surface area contributed by atoms with Gasteiger partial charge < -0.3 is 22.6 Å². The Labute approximate surface area is 150 Å². The van der Waals surface area contributed by atoms with Crippen LogP contribution in [0.5, 0.6) is 0 Å². The van der Waals surface area contributed by atoms with E-state index in [0.29, 0.717) is 26.9 Å². The predicted octanol–water partition coefficient (Wildman–Crippen LogP) is 1.34. The minimum Gasteiger partial charge on any atom is -1.00 e. The lowest BCUT2D eigenvalue weighted by Crippen LogP contribution is -3.00. The van der Waals surface area contributed by atoms with Crippen LogP contribution in [-0.2, 0) is 12.2 Å². The quantitative estimate of drug-likeness (QED) is 0.552. The van der Waals surface area contributed by atoms with E-state index < -0.39 is 0 Å². The van der Waals surface area contributed by atoms with Gasteiger partial charge in [0.1, 0.15) is 0 Å². The zero-order chi connectivity index (χ0) is 15.1. The van der Waals surface area contributed by atoms with E-state index in [1.807, 2.05) is 12.1 Å². The summed E-state index contributed by atoms with van der Waals surface area (Å²) in [5.74, 6) is 1.35. The van der Waals surface area contributed by atoms with Crippen LogP contribution in [0, 0.1) is 0 Å². The minimum atomic E-state index is 0. The number of aryl methyl sites for hydroxylation is 1. The number of benzene rings is 1. The first-order valence-corrected chi connectivity index (χ1v) is 8.52. The van der Waals surface area contributed by atoms with Crippen LogP contribution in [0.1, 0.15) is 30.7 Å². The molecule has 1 heterocycles. The third-order valence-electron chi connectivity index (χ3n) is 2.91. The van der Waals surface area contributed by atoms with Crippen LogP contribution in [0.25, 0.3) is 0 Å². The van der Waals surface area contributed by atoms with Crippen molar-refractivity contribution in [2.45, 2.75) is 36.7 Å². The molecule has 0 unspecified atom stereocenters. The molecule has 0 saturated carbocycles. The Morgan fingerprint density at radius 1 is 1.14 bits per heavy atom. The van der Waals surface area contributed by atoms with E-state index in [4.69, 9.17) is 33.4 Å². The summed E-state index contributed by atoms with van der Waals surface area (Å²) < 4.78 is 5.59. The number of hydrogen-bond donors (Lipinski definition) is 1. The summed E-state index contributed by atoms with van der Waals surface area (Å²) in [4.78, 5) is 0. The summed E-state index contributed by atoms with van der Waals surface area (Å²) in [6.07, 6.45) is 3.94. The maximum absolute atomic E-state index is 6.12. The van der Waals surface area contributed by atoms with Gasteiger partial charge in [-0.15, -0.1) is 10.2 Å². The van der Waals surface area contributed by atoms with Crippen molar-refractivity contribution in [2.75, 3.05) is 6.54 Å². The fraction of sp³-hybridized carbons (Fsp3) is 0.429. The van der Waals surface area contributed by atoms with Crippen molar-refractivity contribution < 1.29 is 16.8 Å². The van der Waals surface area contributed by atoms with Crippen LogP contribution in [0.2, 0.25) is 10.0 Å². The van der Waals surface area contributed by atoms with E-state index in [1.54, 1.807) is 6.07 Å². The number of aromatic nitrogens is 2. The highest BCUT2D eigenvalue weighted by molar-refractivity contribution is 7.98. The first-order chi connectivity index (χ1) is 10.2. The average molecular weight is 382 g/mol. The number of unbranched alkanes of at least 4 members (excludes halogenated alkanes) is 2. The summed E-state index contributed by atoms with van der Waals surface area (Å²) in [5, 5.41) is 9.91. The van der Waals surface area contributed by atoms with E-state index in [1.165, 1.54) is 11.8 Å². The smallest absolute Gasteiger partial charge is 0.276 e. The zero-order valence-corrected chi connectivity index (χ0v) is 15.0. The van der Waals surface area contributed by atoms with E-state index in [9.17, 15) is 0 Å². The monoisotopic (exact) mass is 380 g/mol. The number of hydrogen-bond acceptors (Lipinski definition) is 5. The normalized spacial score (nSPS) is 10.5. The van der Waals surface area contributed by atoms with Crippen molar-refractivity contribution in [2.24, 2.45) is 5.73 Å². The Balaban J connectivity index is 0.00000242. The highest BCUT2D eigenvalue weighted by Crippen LogP contribution is 2.28. The van der Waals surface area contributed by atoms with Gasteiger partial charge in [0.2, 0.25) is 5.89 Å². The SMILES string of the molecule is NCCCCCc1nnc(SCc2ccc(Cl)cc2Cl)o1.[Cl-]. The molecular formula is C14H17Cl3N3OS-. The largest absolute Gasteiger partial charge is 1.00 e. The van der Waals surface area contributed by atoms with Gasteiger partial charge in [-0.2, -0.15) is 0 Å². The average Bonchev–Trinajstić information content (AvgIpc) is 2.91. The van der Waals surface area contributed by atoms with Crippen molar-refractivity contribution in [1.82, 2.24) is 10.2 Å². The molecular weight excluding hydrogens is 365 g/mol. The minimum absolute atomic E-state index is 0. The van der Waals surface area contributed by atoms with Crippen LogP contribution >= 0.6 is 35.0 Å². The highest BCUT2D eigenvalue weighted by Gasteiger charge is 2.08. The van der Waals surface area contributed by atoms with E-state index in [0.717, 1.165) is 37.8 Å². The van der Waals surface area contributed by atoms with Crippen LogP contribution in [-0.4, -0.2) is 16.7 Å². The molecule has 1 aromatic heterocycles. The van der Waals surface area contributed by atoms with Gasteiger partial charge in [0, 0.05) is 22.2 Å². The Morgan fingerprint density at radius 2 is 1.95 bits per heavy atom. The molecule has 8 heteroatoms. The number of nitrogens with two attached hydrogens (primary N) is 1. The second-order valence-electron chi connectivity index (χ2n) is 4.59. The van der Waals surface area contributed by atoms with Gasteiger partial charge in [0.05, 0.1) is 0 Å². The lowest BCUT2D eigenvalue weighted by molar-refractivity contribution is -0.00000493. The lowest BCUT2D eigenvalue weighted by Gasteiger charge is -2.02. The molecule has 2 rings (SSSR count). The van der Waals surface area contributed by atoms with Crippen molar-refractivity contribution >= 4 is 35.0 Å². The molecule has 4 nitrogen and oxygen atoms in total. The molecule has 1 aromatic carbocycles. The third-order valence-corrected chi connectivity index (χ3v) is 4.36. The van der Waals surface area contributed by atoms with Crippen molar-refractivity contribution in [1.29, 1.82) is 0 Å². The maximum Gasteiger partial charge on any atom is 0.276 e. The summed E-state index contributed by atoms with van der Waals surface area (Å²) in [6.45, 7) is 0.729. The third kappa shape index (κ3) is 6.34. The molecule has 0 bridgehead atoms. The predicted molar refractivity (Wildman–Crippen MR) is 86.9 cm³/mol. The Kier molecular flexibility index (Phi) is 9.21. The van der Waals surface area contributed by atoms with Gasteiger partial charge in [0.25, 0.3) is 5.22 Å². The standard InChI is InChI=1S/C14H17Cl2N3OS.ClH/c15-11-6-5-10(12(16)8-11)9-21-14-19-18-13(20-14)4-2-1-3-7-17;/h5-6,8H,1-4,7,9,17H2;1H/p-1. The van der Waals surface area contributed by atoms with Gasteiger partial charge in [-0.25, -0.2) is 0 Å². The van der Waals surface area contributed by atoms with Crippen LogP contribution in [0.3, 0.4) is 0 Å². The second-order valence-corrected chi connectivity index (χ2v) is 6.36. The van der Waals surface area contributed by atoms with Crippen molar-refractivity contribution in [3.63, 3.8) is 0 Å². The second kappa shape index (κ2) is 10.3. The maximum atomic E-state index is 6.12. The first kappa shape index (κ1) is 19.6. The molecule has 0 aliphatic carbocycles. The van der Waals surface area contributed by atoms with Crippen molar-refractivity contribution in [3.8, 4) is 0 Å². The number of nitrogens with zero attached hydrogens (tertiary/aromatic N) is 2. The number of thioether (sulfide) groups is 1. The van der Waals surface area contributed by atoms with Crippen LogP contribution < -0.4 is 18.1 Å². The molecule has 122 valence electrons. The Hall–Kier alpha value is -0.460. The summed E-state index contributed by atoms with van der Waals surface area (Å²) in [5.41, 5.74) is 6.45. The topological polar surface area (TPSA) is 64.9 Å². The van der Waals surface area contributed by atoms with Crippen LogP contribution in [0.4, 0.5) is 0 Å². The molecule has 0 amide bonds. The number of rotatable bonds is 8. The fourth-order valence-corrected chi connectivity index (χ4v) is 3.11. The molecule has 22 heavy (non-hydrogen) atoms. The summed E-state index contributed by atoms with van der Waals surface area (Å²) >= 11 is 13.5. The Morgan fingerprint density at radius 3 is 2.68 bits per heavy atom. The molecule has 0 fully saturated rings. The molecule has 2 aromatic rings. The molecule has 0 atom stereocenters. The molecule has 2 N–H and O–H groups in total. The van der Waals surface area contributed by atoms with E-state index in [-0.39, 0.29) is 12.4 Å².